The van der Waals surface area contributed by atoms with Gasteiger partial charge in [0.2, 0.25) is 11.8 Å². The lowest BCUT2D eigenvalue weighted by Crippen LogP contribution is -2.42. The Bertz CT molecular complexity index is 1510. The Morgan fingerprint density at radius 1 is 1.32 bits per heavy atom. The first-order valence-corrected chi connectivity index (χ1v) is 14.1. The molecule has 0 aliphatic carbocycles. The SMILES string of the molecule is CCOc1nc(N)nc2ncn([C@@H]3O[C@H](CO[P@@]4(=O)OCC[C@@H](c5cc(F)cc(Cl)c5)O4)[C@H]4OC(=O)O[C@]43C)c12. The molecule has 6 rings (SSSR count). The maximum atomic E-state index is 13.9. The zero-order chi connectivity index (χ0) is 28.2. The largest absolute Gasteiger partial charge is 0.509 e. The molecule has 0 spiro atoms. The minimum absolute atomic E-state index is 0.0217. The van der Waals surface area contributed by atoms with E-state index >= 15 is 0 Å². The van der Waals surface area contributed by atoms with Gasteiger partial charge in [0.1, 0.15) is 18.2 Å². The maximum Gasteiger partial charge on any atom is 0.509 e. The molecule has 1 aromatic carbocycles. The van der Waals surface area contributed by atoms with Gasteiger partial charge < -0.3 is 24.7 Å². The molecule has 3 aliphatic heterocycles. The van der Waals surface area contributed by atoms with Gasteiger partial charge in [0.25, 0.3) is 0 Å². The van der Waals surface area contributed by atoms with Crippen LogP contribution in [0.15, 0.2) is 24.5 Å². The van der Waals surface area contributed by atoms with Crippen molar-refractivity contribution in [1.82, 2.24) is 19.5 Å². The quantitative estimate of drug-likeness (QED) is 0.305. The predicted octanol–water partition coefficient (Wildman–Crippen LogP) is 4.09. The van der Waals surface area contributed by atoms with Gasteiger partial charge in [-0.05, 0) is 37.6 Å². The summed E-state index contributed by atoms with van der Waals surface area (Å²) in [6.45, 7) is 3.34. The molecule has 0 amide bonds. The second-order valence-corrected chi connectivity index (χ2v) is 11.5. The number of carbonyl (C=O) groups is 1. The number of phosphoric acid groups is 1. The van der Waals surface area contributed by atoms with Crippen LogP contribution < -0.4 is 10.5 Å². The Hall–Kier alpha value is -3.07. The number of nitrogens with two attached hydrogens (primary N) is 1. The minimum atomic E-state index is -4.13. The smallest absolute Gasteiger partial charge is 0.476 e. The Morgan fingerprint density at radius 3 is 2.92 bits per heavy atom. The van der Waals surface area contributed by atoms with E-state index in [-0.39, 0.29) is 42.3 Å². The summed E-state index contributed by atoms with van der Waals surface area (Å²) >= 11 is 5.97. The third-order valence-electron chi connectivity index (χ3n) is 6.71. The number of phosphoric ester groups is 1. The van der Waals surface area contributed by atoms with Gasteiger partial charge in [0, 0.05) is 11.4 Å². The minimum Gasteiger partial charge on any atom is -0.476 e. The highest BCUT2D eigenvalue weighted by Gasteiger charge is 2.64. The van der Waals surface area contributed by atoms with E-state index in [1.807, 2.05) is 0 Å². The van der Waals surface area contributed by atoms with E-state index in [4.69, 9.17) is 49.9 Å². The zero-order valence-corrected chi connectivity index (χ0v) is 22.8. The number of nitrogens with zero attached hydrogens (tertiary/aromatic N) is 4. The highest BCUT2D eigenvalue weighted by atomic mass is 35.5. The van der Waals surface area contributed by atoms with Gasteiger partial charge in [0.15, 0.2) is 29.1 Å². The summed E-state index contributed by atoms with van der Waals surface area (Å²) in [7, 11) is -4.13. The van der Waals surface area contributed by atoms with Gasteiger partial charge >= 0.3 is 14.0 Å². The Morgan fingerprint density at radius 2 is 2.15 bits per heavy atom. The van der Waals surface area contributed by atoms with E-state index in [1.54, 1.807) is 18.4 Å². The van der Waals surface area contributed by atoms with Crippen molar-refractivity contribution in [1.29, 1.82) is 0 Å². The van der Waals surface area contributed by atoms with Crippen LogP contribution in [0.1, 0.15) is 38.2 Å². The number of ether oxygens (including phenoxy) is 4. The third-order valence-corrected chi connectivity index (χ3v) is 8.40. The van der Waals surface area contributed by atoms with Crippen molar-refractivity contribution in [3.8, 4) is 5.88 Å². The average Bonchev–Trinajstić information content (AvgIpc) is 3.51. The number of imidazole rings is 1. The molecule has 14 nitrogen and oxygen atoms in total. The number of benzene rings is 1. The maximum absolute atomic E-state index is 13.9. The molecule has 0 unspecified atom stereocenters. The summed E-state index contributed by atoms with van der Waals surface area (Å²) in [6, 6.07) is 3.90. The molecule has 0 radical (unpaired) electrons. The summed E-state index contributed by atoms with van der Waals surface area (Å²) in [4.78, 5) is 24.8. The molecule has 3 aromatic rings. The first kappa shape index (κ1) is 27.1. The Balaban J connectivity index is 1.25. The van der Waals surface area contributed by atoms with Gasteiger partial charge in [0.05, 0.1) is 25.9 Å². The van der Waals surface area contributed by atoms with Crippen molar-refractivity contribution in [3.05, 3.63) is 40.9 Å². The number of hydrogen-bond acceptors (Lipinski definition) is 13. The molecule has 3 fully saturated rings. The van der Waals surface area contributed by atoms with Crippen LogP contribution in [0.2, 0.25) is 5.02 Å². The summed E-state index contributed by atoms with van der Waals surface area (Å²) in [5.41, 5.74) is 5.42. The first-order chi connectivity index (χ1) is 19.1. The lowest BCUT2D eigenvalue weighted by Gasteiger charge is -2.30. The number of anilines is 1. The summed E-state index contributed by atoms with van der Waals surface area (Å²) in [5, 5.41) is 0.168. The van der Waals surface area contributed by atoms with Crippen LogP contribution in [0, 0.1) is 5.82 Å². The first-order valence-electron chi connectivity index (χ1n) is 12.3. The number of aromatic nitrogens is 4. The summed E-state index contributed by atoms with van der Waals surface area (Å²) in [5.74, 6) is -0.433. The normalized spacial score (nSPS) is 31.6. The van der Waals surface area contributed by atoms with E-state index in [0.29, 0.717) is 17.5 Å². The molecule has 2 aromatic heterocycles. The molecule has 0 saturated carbocycles. The van der Waals surface area contributed by atoms with Crippen molar-refractivity contribution in [2.45, 2.75) is 50.4 Å². The lowest BCUT2D eigenvalue weighted by atomic mass is 9.96. The van der Waals surface area contributed by atoms with Crippen molar-refractivity contribution in [2.75, 3.05) is 25.6 Å². The number of rotatable bonds is 7. The van der Waals surface area contributed by atoms with Gasteiger partial charge in [-0.3, -0.25) is 18.1 Å². The second kappa shape index (κ2) is 10.1. The van der Waals surface area contributed by atoms with Crippen molar-refractivity contribution in [2.24, 2.45) is 0 Å². The molecular formula is C23H24ClFN5O9P. The van der Waals surface area contributed by atoms with Crippen LogP contribution in [0.25, 0.3) is 11.2 Å². The van der Waals surface area contributed by atoms with Crippen LogP contribution in [0.4, 0.5) is 15.1 Å². The average molecular weight is 600 g/mol. The van der Waals surface area contributed by atoms with Crippen molar-refractivity contribution >= 4 is 42.7 Å². The number of halogens is 2. The summed E-state index contributed by atoms with van der Waals surface area (Å²) in [6.07, 6.45) is -2.92. The fourth-order valence-electron chi connectivity index (χ4n) is 5.04. The molecular weight excluding hydrogens is 576 g/mol. The van der Waals surface area contributed by atoms with Crippen LogP contribution in [0.3, 0.4) is 0 Å². The molecule has 2 N–H and O–H groups in total. The van der Waals surface area contributed by atoms with Gasteiger partial charge in [-0.1, -0.05) is 11.6 Å². The third kappa shape index (κ3) is 4.76. The Kier molecular flexibility index (Phi) is 6.84. The molecule has 0 bridgehead atoms. The van der Waals surface area contributed by atoms with Gasteiger partial charge in [-0.15, -0.1) is 0 Å². The topological polar surface area (TPSA) is 168 Å². The highest BCUT2D eigenvalue weighted by molar-refractivity contribution is 7.48. The lowest BCUT2D eigenvalue weighted by molar-refractivity contribution is -0.0924. The molecule has 6 atom stereocenters. The molecule has 40 heavy (non-hydrogen) atoms. The van der Waals surface area contributed by atoms with E-state index in [2.05, 4.69) is 15.0 Å². The van der Waals surface area contributed by atoms with Gasteiger partial charge in [-0.25, -0.2) is 18.7 Å². The van der Waals surface area contributed by atoms with E-state index < -0.39 is 49.9 Å². The molecule has 5 heterocycles. The number of nitrogen functional groups attached to an aromatic ring is 1. The molecule has 17 heteroatoms. The highest BCUT2D eigenvalue weighted by Crippen LogP contribution is 2.58. The number of carbonyl (C=O) groups excluding carboxylic acids is 1. The standard InChI is InChI=1S/C23H24ClFN5O9P/c1-3-33-19-16-18(28-21(26)29-19)27-10-30(16)20-23(2)17(37-22(31)38-23)15(36-20)9-35-40(32)34-5-4-14(39-40)11-6-12(24)8-13(25)7-11/h6-8,10,14-15,17,20H,3-5,9H2,1-2H3,(H2,26,28,29)/t14-,15+,17+,20+,23+,40+/m0/s1. The zero-order valence-electron chi connectivity index (χ0n) is 21.2. The van der Waals surface area contributed by atoms with Crippen molar-refractivity contribution in [3.63, 3.8) is 0 Å². The molecule has 3 aliphatic rings. The predicted molar refractivity (Wildman–Crippen MR) is 134 cm³/mol. The van der Waals surface area contributed by atoms with Crippen LogP contribution in [-0.2, 0) is 32.3 Å². The monoisotopic (exact) mass is 599 g/mol. The van der Waals surface area contributed by atoms with Crippen LogP contribution in [-0.4, -0.2) is 63.3 Å². The van der Waals surface area contributed by atoms with Crippen LogP contribution in [0.5, 0.6) is 5.88 Å². The second-order valence-electron chi connectivity index (χ2n) is 9.41. The fraction of sp³-hybridized carbons (Fsp3) is 0.478. The number of fused-ring (bicyclic) bond motifs is 2. The summed E-state index contributed by atoms with van der Waals surface area (Å²) < 4.78 is 68.2. The van der Waals surface area contributed by atoms with E-state index in [1.165, 1.54) is 18.5 Å². The fourth-order valence-corrected chi connectivity index (χ4v) is 6.66. The van der Waals surface area contributed by atoms with Gasteiger partial charge in [-0.2, -0.15) is 9.97 Å². The number of hydrogen-bond donors (Lipinski definition) is 1. The van der Waals surface area contributed by atoms with Crippen molar-refractivity contribution < 1.29 is 46.3 Å². The van der Waals surface area contributed by atoms with E-state index in [0.717, 1.165) is 6.07 Å². The molecule has 3 saturated heterocycles. The Labute approximate surface area is 231 Å². The van der Waals surface area contributed by atoms with Crippen LogP contribution >= 0.6 is 19.4 Å². The van der Waals surface area contributed by atoms with E-state index in [9.17, 15) is 13.8 Å². The molecule has 214 valence electrons.